The molecule has 0 aliphatic carbocycles. The molecule has 2 N–H and O–H groups in total. The van der Waals surface area contributed by atoms with Crippen molar-refractivity contribution in [3.8, 4) is 5.75 Å². The number of likely N-dealkylation sites (tertiary alicyclic amines) is 1. The SMILES string of the molecule is CCNC(=O)N1CCCC(c2cccc(C(=O)NC(C)c3ccc(OCC)cc3)c2)C1. The smallest absolute Gasteiger partial charge is 0.317 e. The van der Waals surface area contributed by atoms with Crippen molar-refractivity contribution in [2.24, 2.45) is 0 Å². The quantitative estimate of drug-likeness (QED) is 0.690. The number of ether oxygens (including phenoxy) is 1. The molecule has 1 aliphatic rings. The lowest BCUT2D eigenvalue weighted by molar-refractivity contribution is 0.0939. The second kappa shape index (κ2) is 10.8. The van der Waals surface area contributed by atoms with Crippen molar-refractivity contribution in [3.63, 3.8) is 0 Å². The molecule has 3 rings (SSSR count). The molecule has 2 aromatic carbocycles. The van der Waals surface area contributed by atoms with E-state index in [0.29, 0.717) is 25.3 Å². The van der Waals surface area contributed by atoms with Crippen LogP contribution in [0.1, 0.15) is 67.1 Å². The van der Waals surface area contributed by atoms with Crippen molar-refractivity contribution in [2.45, 2.75) is 45.6 Å². The zero-order chi connectivity index (χ0) is 22.2. The normalized spacial score (nSPS) is 17.0. The number of urea groups is 1. The molecule has 6 nitrogen and oxygen atoms in total. The van der Waals surface area contributed by atoms with Crippen molar-refractivity contribution in [1.29, 1.82) is 0 Å². The molecule has 1 fully saturated rings. The molecule has 0 radical (unpaired) electrons. The van der Waals surface area contributed by atoms with E-state index in [9.17, 15) is 9.59 Å². The molecule has 2 aromatic rings. The van der Waals surface area contributed by atoms with Crippen molar-refractivity contribution in [1.82, 2.24) is 15.5 Å². The minimum Gasteiger partial charge on any atom is -0.494 e. The van der Waals surface area contributed by atoms with E-state index in [-0.39, 0.29) is 23.9 Å². The molecule has 2 atom stereocenters. The third-order valence-electron chi connectivity index (χ3n) is 5.70. The summed E-state index contributed by atoms with van der Waals surface area (Å²) in [5.74, 6) is 0.971. The number of carbonyl (C=O) groups excluding carboxylic acids is 2. The Kier molecular flexibility index (Phi) is 7.93. The molecule has 0 bridgehead atoms. The van der Waals surface area contributed by atoms with E-state index in [0.717, 1.165) is 36.3 Å². The van der Waals surface area contributed by atoms with Crippen LogP contribution in [0.5, 0.6) is 5.75 Å². The Labute approximate surface area is 185 Å². The average molecular weight is 424 g/mol. The number of carbonyl (C=O) groups is 2. The minimum atomic E-state index is -0.116. The Morgan fingerprint density at radius 3 is 2.65 bits per heavy atom. The van der Waals surface area contributed by atoms with Crippen LogP contribution in [0.15, 0.2) is 48.5 Å². The standard InChI is InChI=1S/C25H33N3O3/c1-4-26-25(30)28-15-7-10-22(17-28)20-8-6-9-21(16-20)24(29)27-18(3)19-11-13-23(14-12-19)31-5-2/h6,8-9,11-14,16,18,22H,4-5,7,10,15,17H2,1-3H3,(H,26,30)(H,27,29). The van der Waals surface area contributed by atoms with Crippen LogP contribution in [0.3, 0.4) is 0 Å². The topological polar surface area (TPSA) is 70.7 Å². The molecular formula is C25H33N3O3. The number of rotatable bonds is 7. The van der Waals surface area contributed by atoms with Gasteiger partial charge < -0.3 is 20.3 Å². The van der Waals surface area contributed by atoms with Gasteiger partial charge in [0, 0.05) is 31.1 Å². The zero-order valence-electron chi connectivity index (χ0n) is 18.7. The van der Waals surface area contributed by atoms with Crippen LogP contribution in [0.4, 0.5) is 4.79 Å². The second-order valence-electron chi connectivity index (χ2n) is 7.94. The van der Waals surface area contributed by atoms with E-state index in [1.165, 1.54) is 0 Å². The average Bonchev–Trinajstić information content (AvgIpc) is 2.80. The molecule has 1 saturated heterocycles. The lowest BCUT2D eigenvalue weighted by atomic mass is 9.89. The minimum absolute atomic E-state index is 0.00900. The van der Waals surface area contributed by atoms with Crippen LogP contribution in [0, 0.1) is 0 Å². The highest BCUT2D eigenvalue weighted by Gasteiger charge is 2.25. The van der Waals surface area contributed by atoms with Crippen LogP contribution < -0.4 is 15.4 Å². The molecule has 6 heteroatoms. The Morgan fingerprint density at radius 2 is 1.94 bits per heavy atom. The number of hydrogen-bond acceptors (Lipinski definition) is 3. The van der Waals surface area contributed by atoms with Crippen LogP contribution in [0.2, 0.25) is 0 Å². The van der Waals surface area contributed by atoms with Gasteiger partial charge in [0.2, 0.25) is 0 Å². The number of nitrogens with one attached hydrogen (secondary N) is 2. The monoisotopic (exact) mass is 423 g/mol. The first kappa shape index (κ1) is 22.7. The maximum absolute atomic E-state index is 12.9. The van der Waals surface area contributed by atoms with Gasteiger partial charge in [-0.05, 0) is 69.0 Å². The molecule has 0 spiro atoms. The molecule has 0 saturated carbocycles. The Hall–Kier alpha value is -3.02. The van der Waals surface area contributed by atoms with Gasteiger partial charge in [0.1, 0.15) is 5.75 Å². The molecule has 1 aliphatic heterocycles. The number of piperidine rings is 1. The van der Waals surface area contributed by atoms with Gasteiger partial charge in [0.15, 0.2) is 0 Å². The zero-order valence-corrected chi connectivity index (χ0v) is 18.7. The highest BCUT2D eigenvalue weighted by Crippen LogP contribution is 2.28. The fraction of sp³-hybridized carbons (Fsp3) is 0.440. The van der Waals surface area contributed by atoms with Crippen molar-refractivity contribution < 1.29 is 14.3 Å². The first-order chi connectivity index (χ1) is 15.0. The van der Waals surface area contributed by atoms with Gasteiger partial charge >= 0.3 is 6.03 Å². The van der Waals surface area contributed by atoms with Crippen LogP contribution in [-0.2, 0) is 0 Å². The number of benzene rings is 2. The van der Waals surface area contributed by atoms with E-state index >= 15 is 0 Å². The lowest BCUT2D eigenvalue weighted by Gasteiger charge is -2.33. The summed E-state index contributed by atoms with van der Waals surface area (Å²) in [6.07, 6.45) is 1.98. The van der Waals surface area contributed by atoms with Gasteiger partial charge in [0.05, 0.1) is 12.6 Å². The third kappa shape index (κ3) is 6.00. The van der Waals surface area contributed by atoms with Gasteiger partial charge in [-0.1, -0.05) is 24.3 Å². The maximum Gasteiger partial charge on any atom is 0.317 e. The van der Waals surface area contributed by atoms with Gasteiger partial charge in [-0.15, -0.1) is 0 Å². The van der Waals surface area contributed by atoms with Gasteiger partial charge in [-0.25, -0.2) is 4.79 Å². The Morgan fingerprint density at radius 1 is 1.16 bits per heavy atom. The summed E-state index contributed by atoms with van der Waals surface area (Å²) in [5.41, 5.74) is 2.78. The third-order valence-corrected chi connectivity index (χ3v) is 5.70. The predicted octanol–water partition coefficient (Wildman–Crippen LogP) is 4.49. The van der Waals surface area contributed by atoms with Crippen molar-refractivity contribution in [3.05, 3.63) is 65.2 Å². The number of amides is 3. The largest absolute Gasteiger partial charge is 0.494 e. The molecule has 0 aromatic heterocycles. The summed E-state index contributed by atoms with van der Waals surface area (Å²) in [4.78, 5) is 27.0. The molecule has 2 unspecified atom stereocenters. The van der Waals surface area contributed by atoms with Crippen LogP contribution >= 0.6 is 0 Å². The fourth-order valence-electron chi connectivity index (χ4n) is 4.01. The molecule has 3 amide bonds. The first-order valence-electron chi connectivity index (χ1n) is 11.2. The Balaban J connectivity index is 1.65. The van der Waals surface area contributed by atoms with E-state index in [4.69, 9.17) is 4.74 Å². The van der Waals surface area contributed by atoms with Gasteiger partial charge in [-0.3, -0.25) is 4.79 Å². The summed E-state index contributed by atoms with van der Waals surface area (Å²) in [7, 11) is 0. The summed E-state index contributed by atoms with van der Waals surface area (Å²) in [6.45, 7) is 8.57. The summed E-state index contributed by atoms with van der Waals surface area (Å²) in [6, 6.07) is 15.5. The van der Waals surface area contributed by atoms with E-state index in [1.807, 2.05) is 68.1 Å². The first-order valence-corrected chi connectivity index (χ1v) is 11.2. The highest BCUT2D eigenvalue weighted by molar-refractivity contribution is 5.94. The summed E-state index contributed by atoms with van der Waals surface area (Å²) < 4.78 is 5.48. The predicted molar refractivity (Wildman–Crippen MR) is 123 cm³/mol. The van der Waals surface area contributed by atoms with E-state index in [1.54, 1.807) is 0 Å². The number of hydrogen-bond donors (Lipinski definition) is 2. The molecule has 1 heterocycles. The second-order valence-corrected chi connectivity index (χ2v) is 7.94. The molecule has 31 heavy (non-hydrogen) atoms. The summed E-state index contributed by atoms with van der Waals surface area (Å²) in [5, 5.41) is 5.96. The van der Waals surface area contributed by atoms with Gasteiger partial charge in [0.25, 0.3) is 5.91 Å². The fourth-order valence-corrected chi connectivity index (χ4v) is 4.01. The van der Waals surface area contributed by atoms with Crippen molar-refractivity contribution >= 4 is 11.9 Å². The van der Waals surface area contributed by atoms with Gasteiger partial charge in [-0.2, -0.15) is 0 Å². The van der Waals surface area contributed by atoms with E-state index in [2.05, 4.69) is 16.7 Å². The maximum atomic E-state index is 12.9. The molecule has 166 valence electrons. The lowest BCUT2D eigenvalue weighted by Crippen LogP contribution is -2.44. The highest BCUT2D eigenvalue weighted by atomic mass is 16.5. The number of nitrogens with zero attached hydrogens (tertiary/aromatic N) is 1. The summed E-state index contributed by atoms with van der Waals surface area (Å²) >= 11 is 0. The van der Waals surface area contributed by atoms with E-state index < -0.39 is 0 Å². The molecular weight excluding hydrogens is 390 g/mol. The Bertz CT molecular complexity index is 882. The van der Waals surface area contributed by atoms with Crippen molar-refractivity contribution in [2.75, 3.05) is 26.2 Å². The van der Waals surface area contributed by atoms with Crippen LogP contribution in [-0.4, -0.2) is 43.1 Å². The van der Waals surface area contributed by atoms with Crippen LogP contribution in [0.25, 0.3) is 0 Å².